The number of carbonyl (C=O) groups is 1. The number of rotatable bonds is 5. The summed E-state index contributed by atoms with van der Waals surface area (Å²) in [6, 6.07) is 0. The van der Waals surface area contributed by atoms with Crippen molar-refractivity contribution in [3.8, 4) is 0 Å². The Morgan fingerprint density at radius 1 is 1.06 bits per heavy atom. The maximum absolute atomic E-state index is 13.7. The first-order valence-electron chi connectivity index (χ1n) is 13.5. The van der Waals surface area contributed by atoms with Crippen LogP contribution in [0, 0.1) is 46.3 Å². The summed E-state index contributed by atoms with van der Waals surface area (Å²) in [5.74, 6) is 2.99. The molecule has 32 heavy (non-hydrogen) atoms. The molecule has 0 aromatic carbocycles. The van der Waals surface area contributed by atoms with E-state index in [0.717, 1.165) is 43.6 Å². The van der Waals surface area contributed by atoms with E-state index in [0.29, 0.717) is 30.0 Å². The predicted octanol–water partition coefficient (Wildman–Crippen LogP) is 6.34. The minimum Gasteiger partial charge on any atom is -0.389 e. The van der Waals surface area contributed by atoms with Crippen molar-refractivity contribution < 1.29 is 14.6 Å². The molecule has 0 aromatic heterocycles. The molecule has 2 aliphatic heterocycles. The van der Waals surface area contributed by atoms with Crippen LogP contribution in [0.15, 0.2) is 12.2 Å². The maximum Gasteiger partial charge on any atom is 0.139 e. The summed E-state index contributed by atoms with van der Waals surface area (Å²) in [6.45, 7) is 18.7. The molecule has 1 spiro atoms. The molecule has 4 saturated carbocycles. The summed E-state index contributed by atoms with van der Waals surface area (Å²) in [4.78, 5) is 13.7. The smallest absolute Gasteiger partial charge is 0.139 e. The molecule has 6 rings (SSSR count). The third kappa shape index (κ3) is 2.54. The standard InChI is InChI=1S/C29H46O3/c1-17(2)18(3)8-9-19(4)28-15-11-24(31)22-16-21-20(5)23(30)10-13-26(21,6)25-12-14-27(28,7)29(22,25)32-28/h17-19,21-23,25,30H,5,8-16H2,1-4,6-7H3. The highest BCUT2D eigenvalue weighted by atomic mass is 16.6. The second-order valence-corrected chi connectivity index (χ2v) is 13.4. The second-order valence-electron chi connectivity index (χ2n) is 13.4. The zero-order chi connectivity index (χ0) is 23.3. The lowest BCUT2D eigenvalue weighted by Gasteiger charge is -2.75. The Hall–Kier alpha value is -0.670. The number of Topliss-reactive ketones (excluding diaryl/α,β-unsaturated/α-hetero) is 1. The molecular weight excluding hydrogens is 396 g/mol. The lowest BCUT2D eigenvalue weighted by Crippen LogP contribution is -2.81. The number of aliphatic hydroxyl groups is 1. The SMILES string of the molecule is C=C1C(O)CCC2(C)C1CC1C(=O)CCC3(C(C)CCC(C)C(C)C)OC14C2CCC34C. The molecule has 0 radical (unpaired) electrons. The van der Waals surface area contributed by atoms with Gasteiger partial charge in [0.05, 0.1) is 17.3 Å². The van der Waals surface area contributed by atoms with E-state index in [4.69, 9.17) is 4.74 Å². The van der Waals surface area contributed by atoms with Gasteiger partial charge < -0.3 is 9.84 Å². The highest BCUT2D eigenvalue weighted by Crippen LogP contribution is 2.81. The van der Waals surface area contributed by atoms with Crippen molar-refractivity contribution in [3.63, 3.8) is 0 Å². The quantitative estimate of drug-likeness (QED) is 0.506. The Morgan fingerprint density at radius 3 is 2.47 bits per heavy atom. The lowest BCUT2D eigenvalue weighted by molar-refractivity contribution is -0.417. The number of aliphatic hydroxyl groups excluding tert-OH is 1. The molecule has 0 amide bonds. The number of hydrogen-bond acceptors (Lipinski definition) is 3. The van der Waals surface area contributed by atoms with Gasteiger partial charge in [-0.15, -0.1) is 0 Å². The van der Waals surface area contributed by atoms with Crippen LogP contribution in [-0.2, 0) is 9.53 Å². The van der Waals surface area contributed by atoms with Crippen molar-refractivity contribution in [2.24, 2.45) is 46.3 Å². The minimum atomic E-state index is -0.403. The van der Waals surface area contributed by atoms with Gasteiger partial charge in [0.2, 0.25) is 0 Å². The van der Waals surface area contributed by atoms with Gasteiger partial charge in [0.1, 0.15) is 5.78 Å². The first-order chi connectivity index (χ1) is 14.9. The van der Waals surface area contributed by atoms with E-state index >= 15 is 0 Å². The van der Waals surface area contributed by atoms with Gasteiger partial charge in [-0.2, -0.15) is 0 Å². The molecule has 3 nitrogen and oxygen atoms in total. The number of carbonyl (C=O) groups excluding carboxylic acids is 1. The molecule has 3 heteroatoms. The van der Waals surface area contributed by atoms with Crippen LogP contribution in [0.3, 0.4) is 0 Å². The van der Waals surface area contributed by atoms with Crippen LogP contribution in [0.25, 0.3) is 0 Å². The fourth-order valence-electron chi connectivity index (χ4n) is 9.70. The Balaban J connectivity index is 1.51. The predicted molar refractivity (Wildman–Crippen MR) is 128 cm³/mol. The van der Waals surface area contributed by atoms with E-state index in [1.54, 1.807) is 0 Å². The molecule has 10 atom stereocenters. The number of fused-ring (bicyclic) bond motifs is 4. The van der Waals surface area contributed by atoms with E-state index in [9.17, 15) is 9.90 Å². The molecule has 10 unspecified atom stereocenters. The van der Waals surface area contributed by atoms with Crippen molar-refractivity contribution in [2.45, 2.75) is 117 Å². The molecule has 1 N–H and O–H groups in total. The molecule has 2 bridgehead atoms. The minimum absolute atomic E-state index is 0.0162. The number of ether oxygens (including phenoxy) is 1. The number of ketones is 1. The Morgan fingerprint density at radius 2 is 1.78 bits per heavy atom. The van der Waals surface area contributed by atoms with E-state index < -0.39 is 6.10 Å². The average molecular weight is 443 g/mol. The zero-order valence-electron chi connectivity index (χ0n) is 21.4. The molecule has 0 aromatic rings. The van der Waals surface area contributed by atoms with E-state index in [2.05, 4.69) is 48.1 Å². The van der Waals surface area contributed by atoms with Gasteiger partial charge in [-0.05, 0) is 85.5 Å². The van der Waals surface area contributed by atoms with Gasteiger partial charge in [0.15, 0.2) is 0 Å². The van der Waals surface area contributed by atoms with Crippen molar-refractivity contribution in [1.82, 2.24) is 0 Å². The van der Waals surface area contributed by atoms with Crippen LogP contribution >= 0.6 is 0 Å². The van der Waals surface area contributed by atoms with Crippen molar-refractivity contribution in [3.05, 3.63) is 12.2 Å². The van der Waals surface area contributed by atoms with Gasteiger partial charge in [-0.3, -0.25) is 4.79 Å². The summed E-state index contributed by atoms with van der Waals surface area (Å²) >= 11 is 0. The highest BCUT2D eigenvalue weighted by Gasteiger charge is 2.85. The summed E-state index contributed by atoms with van der Waals surface area (Å²) in [7, 11) is 0. The number of hydrogen-bond donors (Lipinski definition) is 1. The summed E-state index contributed by atoms with van der Waals surface area (Å²) in [5, 5.41) is 10.6. The summed E-state index contributed by atoms with van der Waals surface area (Å²) in [5.41, 5.74) is 0.745. The van der Waals surface area contributed by atoms with Crippen molar-refractivity contribution >= 4 is 5.78 Å². The van der Waals surface area contributed by atoms with Crippen LogP contribution in [0.4, 0.5) is 0 Å². The lowest BCUT2D eigenvalue weighted by atomic mass is 9.41. The fraction of sp³-hybridized carbons (Fsp3) is 0.897. The molecule has 2 heterocycles. The molecule has 2 saturated heterocycles. The Bertz CT molecular complexity index is 817. The monoisotopic (exact) mass is 442 g/mol. The third-order valence-corrected chi connectivity index (χ3v) is 12.1. The average Bonchev–Trinajstić information content (AvgIpc) is 2.86. The van der Waals surface area contributed by atoms with Gasteiger partial charge >= 0.3 is 0 Å². The Kier molecular flexibility index (Phi) is 5.17. The van der Waals surface area contributed by atoms with Crippen molar-refractivity contribution in [1.29, 1.82) is 0 Å². The van der Waals surface area contributed by atoms with Gasteiger partial charge in [-0.1, -0.05) is 54.5 Å². The molecule has 4 aliphatic carbocycles. The third-order valence-electron chi connectivity index (χ3n) is 12.1. The summed E-state index contributed by atoms with van der Waals surface area (Å²) < 4.78 is 7.36. The largest absolute Gasteiger partial charge is 0.389 e. The van der Waals surface area contributed by atoms with Crippen LogP contribution in [-0.4, -0.2) is 28.2 Å². The van der Waals surface area contributed by atoms with E-state index in [1.165, 1.54) is 19.3 Å². The Labute approximate surface area is 195 Å². The summed E-state index contributed by atoms with van der Waals surface area (Å²) in [6.07, 6.45) is 8.61. The van der Waals surface area contributed by atoms with Gasteiger partial charge in [0, 0.05) is 17.8 Å². The molecule has 180 valence electrons. The highest BCUT2D eigenvalue weighted by molar-refractivity contribution is 5.84. The van der Waals surface area contributed by atoms with Gasteiger partial charge in [0.25, 0.3) is 0 Å². The van der Waals surface area contributed by atoms with Crippen LogP contribution in [0.5, 0.6) is 0 Å². The maximum atomic E-state index is 13.7. The fourth-order valence-corrected chi connectivity index (χ4v) is 9.70. The van der Waals surface area contributed by atoms with E-state index in [-0.39, 0.29) is 33.9 Å². The zero-order valence-corrected chi connectivity index (χ0v) is 21.4. The molecule has 6 fully saturated rings. The van der Waals surface area contributed by atoms with Crippen LogP contribution in [0.2, 0.25) is 0 Å². The van der Waals surface area contributed by atoms with Gasteiger partial charge in [-0.25, -0.2) is 0 Å². The first-order valence-corrected chi connectivity index (χ1v) is 13.5. The second kappa shape index (κ2) is 7.17. The molecule has 6 aliphatic rings. The van der Waals surface area contributed by atoms with Crippen LogP contribution < -0.4 is 0 Å². The first kappa shape index (κ1) is 23.1. The van der Waals surface area contributed by atoms with Crippen LogP contribution in [0.1, 0.15) is 99.3 Å². The molecular formula is C29H46O3. The van der Waals surface area contributed by atoms with Crippen molar-refractivity contribution in [2.75, 3.05) is 0 Å². The van der Waals surface area contributed by atoms with E-state index in [1.807, 2.05) is 0 Å². The topological polar surface area (TPSA) is 46.5 Å². The normalized spacial score (nSPS) is 51.5.